The highest BCUT2D eigenvalue weighted by Gasteiger charge is 2.23. The van der Waals surface area contributed by atoms with E-state index >= 15 is 0 Å². The molecule has 0 fully saturated rings. The lowest BCUT2D eigenvalue weighted by Gasteiger charge is -2.07. The Balaban J connectivity index is 1.82. The third kappa shape index (κ3) is 2.93. The van der Waals surface area contributed by atoms with Crippen molar-refractivity contribution >= 4 is 21.2 Å². The summed E-state index contributed by atoms with van der Waals surface area (Å²) < 4.78 is 30.8. The quantitative estimate of drug-likeness (QED) is 0.772. The molecule has 0 radical (unpaired) electrons. The van der Waals surface area contributed by atoms with Crippen molar-refractivity contribution in [2.24, 2.45) is 0 Å². The molecule has 0 unspecified atom stereocenters. The standard InChI is InChI=1S/C16H15NO3S2/c1-12-4-6-13(7-5-12)20-11-14-15(8-10-21-14)22(18,19)16-3-2-9-17-16/h2-10,17H,11H2,1H3. The van der Waals surface area contributed by atoms with Crippen LogP contribution in [0.5, 0.6) is 5.75 Å². The van der Waals surface area contributed by atoms with E-state index in [1.807, 2.05) is 31.2 Å². The Morgan fingerprint density at radius 2 is 1.91 bits per heavy atom. The lowest BCUT2D eigenvalue weighted by Crippen LogP contribution is -2.05. The minimum atomic E-state index is -3.52. The summed E-state index contributed by atoms with van der Waals surface area (Å²) >= 11 is 1.38. The molecule has 3 rings (SSSR count). The molecule has 1 aromatic carbocycles. The maximum absolute atomic E-state index is 12.6. The van der Waals surface area contributed by atoms with E-state index in [0.717, 1.165) is 11.3 Å². The molecule has 114 valence electrons. The molecule has 3 aromatic rings. The Bertz CT molecular complexity index is 847. The molecule has 1 N–H and O–H groups in total. The zero-order chi connectivity index (χ0) is 15.6. The summed E-state index contributed by atoms with van der Waals surface area (Å²) in [6.45, 7) is 2.24. The summed E-state index contributed by atoms with van der Waals surface area (Å²) in [7, 11) is -3.52. The third-order valence-corrected chi connectivity index (χ3v) is 6.06. The first kappa shape index (κ1) is 14.9. The number of nitrogens with one attached hydrogen (secondary N) is 1. The molecule has 0 atom stereocenters. The van der Waals surface area contributed by atoms with Gasteiger partial charge in [0, 0.05) is 6.20 Å². The maximum Gasteiger partial charge on any atom is 0.223 e. The molecule has 2 heterocycles. The average molecular weight is 333 g/mol. The van der Waals surface area contributed by atoms with Gasteiger partial charge >= 0.3 is 0 Å². The number of benzene rings is 1. The number of aryl methyl sites for hydroxylation is 1. The van der Waals surface area contributed by atoms with E-state index < -0.39 is 9.84 Å². The van der Waals surface area contributed by atoms with E-state index in [9.17, 15) is 8.42 Å². The molecule has 0 amide bonds. The van der Waals surface area contributed by atoms with Crippen LogP contribution < -0.4 is 4.74 Å². The third-order valence-electron chi connectivity index (χ3n) is 3.24. The first-order chi connectivity index (χ1) is 10.6. The topological polar surface area (TPSA) is 59.2 Å². The van der Waals surface area contributed by atoms with Crippen molar-refractivity contribution in [3.05, 3.63) is 64.5 Å². The molecule has 22 heavy (non-hydrogen) atoms. The molecule has 0 spiro atoms. The SMILES string of the molecule is Cc1ccc(OCc2sccc2S(=O)(=O)c2ccc[nH]2)cc1. The van der Waals surface area contributed by atoms with Crippen molar-refractivity contribution in [2.45, 2.75) is 23.5 Å². The smallest absolute Gasteiger partial charge is 0.223 e. The number of sulfone groups is 1. The second-order valence-corrected chi connectivity index (χ2v) is 7.73. The van der Waals surface area contributed by atoms with Crippen molar-refractivity contribution in [3.63, 3.8) is 0 Å². The molecule has 0 aliphatic carbocycles. The van der Waals surface area contributed by atoms with Gasteiger partial charge in [0.05, 0.1) is 9.77 Å². The molecule has 4 nitrogen and oxygen atoms in total. The van der Waals surface area contributed by atoms with Gasteiger partial charge in [-0.3, -0.25) is 0 Å². The number of rotatable bonds is 5. The second-order valence-electron chi connectivity index (χ2n) is 4.85. The van der Waals surface area contributed by atoms with Crippen molar-refractivity contribution in [2.75, 3.05) is 0 Å². The van der Waals surface area contributed by atoms with E-state index in [4.69, 9.17) is 4.74 Å². The molecule has 0 bridgehead atoms. The van der Waals surface area contributed by atoms with E-state index in [0.29, 0.717) is 9.77 Å². The van der Waals surface area contributed by atoms with Gasteiger partial charge in [0.25, 0.3) is 0 Å². The van der Waals surface area contributed by atoms with Crippen molar-refractivity contribution in [1.82, 2.24) is 4.98 Å². The Kier molecular flexibility index (Phi) is 4.04. The number of ether oxygens (including phenoxy) is 1. The molecule has 6 heteroatoms. The molecule has 0 aliphatic heterocycles. The van der Waals surface area contributed by atoms with Crippen LogP contribution in [0, 0.1) is 6.92 Å². The van der Waals surface area contributed by atoms with Crippen molar-refractivity contribution in [3.8, 4) is 5.75 Å². The van der Waals surface area contributed by atoms with Crippen molar-refractivity contribution in [1.29, 1.82) is 0 Å². The van der Waals surface area contributed by atoms with Gasteiger partial charge in [-0.05, 0) is 42.6 Å². The van der Waals surface area contributed by atoms with Gasteiger partial charge in [0.2, 0.25) is 9.84 Å². The molecular formula is C16H15NO3S2. The molecule has 0 aliphatic rings. The predicted octanol–water partition coefficient (Wildman–Crippen LogP) is 3.80. The van der Waals surface area contributed by atoms with E-state index in [-0.39, 0.29) is 11.6 Å². The first-order valence-electron chi connectivity index (χ1n) is 6.72. The van der Waals surface area contributed by atoms with Crippen LogP contribution >= 0.6 is 11.3 Å². The highest BCUT2D eigenvalue weighted by atomic mass is 32.2. The monoisotopic (exact) mass is 333 g/mol. The van der Waals surface area contributed by atoms with E-state index in [1.165, 1.54) is 11.3 Å². The summed E-state index contributed by atoms with van der Waals surface area (Å²) in [5, 5.41) is 1.96. The Morgan fingerprint density at radius 1 is 1.14 bits per heavy atom. The van der Waals surface area contributed by atoms with Crippen LogP contribution in [0.1, 0.15) is 10.4 Å². The zero-order valence-corrected chi connectivity index (χ0v) is 13.6. The van der Waals surface area contributed by atoms with Crippen LogP contribution in [0.2, 0.25) is 0 Å². The van der Waals surface area contributed by atoms with Gasteiger partial charge in [-0.25, -0.2) is 8.42 Å². The summed E-state index contributed by atoms with van der Waals surface area (Å²) in [5.41, 5.74) is 1.15. The minimum absolute atomic E-state index is 0.197. The summed E-state index contributed by atoms with van der Waals surface area (Å²) in [5.74, 6) is 0.724. The van der Waals surface area contributed by atoms with Crippen LogP contribution in [-0.2, 0) is 16.4 Å². The van der Waals surface area contributed by atoms with E-state index in [1.54, 1.807) is 29.8 Å². The molecular weight excluding hydrogens is 318 g/mol. The lowest BCUT2D eigenvalue weighted by atomic mass is 10.2. The number of H-pyrrole nitrogens is 1. The number of hydrogen-bond acceptors (Lipinski definition) is 4. The Hall–Kier alpha value is -2.05. The van der Waals surface area contributed by atoms with Crippen LogP contribution in [0.25, 0.3) is 0 Å². The van der Waals surface area contributed by atoms with E-state index in [2.05, 4.69) is 4.98 Å². The van der Waals surface area contributed by atoms with Gasteiger partial charge in [-0.1, -0.05) is 17.7 Å². The van der Waals surface area contributed by atoms with Gasteiger partial charge in [-0.2, -0.15) is 0 Å². The predicted molar refractivity (Wildman–Crippen MR) is 86.1 cm³/mol. The summed E-state index contributed by atoms with van der Waals surface area (Å²) in [6, 6.07) is 12.5. The summed E-state index contributed by atoms with van der Waals surface area (Å²) in [4.78, 5) is 3.74. The van der Waals surface area contributed by atoms with Crippen LogP contribution in [0.4, 0.5) is 0 Å². The van der Waals surface area contributed by atoms with Crippen LogP contribution in [0.3, 0.4) is 0 Å². The number of aromatic amines is 1. The largest absolute Gasteiger partial charge is 0.488 e. The van der Waals surface area contributed by atoms with Crippen LogP contribution in [-0.4, -0.2) is 13.4 Å². The fraction of sp³-hybridized carbons (Fsp3) is 0.125. The number of thiophene rings is 1. The zero-order valence-electron chi connectivity index (χ0n) is 11.9. The normalized spacial score (nSPS) is 11.5. The van der Waals surface area contributed by atoms with Crippen molar-refractivity contribution < 1.29 is 13.2 Å². The molecule has 2 aromatic heterocycles. The fourth-order valence-corrected chi connectivity index (χ4v) is 4.62. The minimum Gasteiger partial charge on any atom is -0.488 e. The molecule has 0 saturated heterocycles. The highest BCUT2D eigenvalue weighted by molar-refractivity contribution is 7.91. The second kappa shape index (κ2) is 5.98. The number of hydrogen-bond donors (Lipinski definition) is 1. The first-order valence-corrected chi connectivity index (χ1v) is 9.08. The van der Waals surface area contributed by atoms with Gasteiger partial charge in [0.15, 0.2) is 0 Å². The van der Waals surface area contributed by atoms with Gasteiger partial charge in [-0.15, -0.1) is 11.3 Å². The molecule has 0 saturated carbocycles. The fourth-order valence-electron chi connectivity index (χ4n) is 2.06. The Labute approximate surface area is 133 Å². The average Bonchev–Trinajstić information content (AvgIpc) is 3.18. The van der Waals surface area contributed by atoms with Crippen LogP contribution in [0.15, 0.2) is 64.0 Å². The Morgan fingerprint density at radius 3 is 2.59 bits per heavy atom. The lowest BCUT2D eigenvalue weighted by molar-refractivity contribution is 0.307. The maximum atomic E-state index is 12.6. The van der Waals surface area contributed by atoms with Gasteiger partial charge < -0.3 is 9.72 Å². The summed E-state index contributed by atoms with van der Waals surface area (Å²) in [6.07, 6.45) is 1.60. The highest BCUT2D eigenvalue weighted by Crippen LogP contribution is 2.28. The number of aromatic nitrogens is 1. The van der Waals surface area contributed by atoms with Gasteiger partial charge in [0.1, 0.15) is 17.4 Å².